The summed E-state index contributed by atoms with van der Waals surface area (Å²) in [5, 5.41) is 21.6. The maximum absolute atomic E-state index is 10.8. The van der Waals surface area contributed by atoms with E-state index in [9.17, 15) is 10.5 Å². The van der Waals surface area contributed by atoms with Crippen LogP contribution in [0.4, 0.5) is 0 Å². The number of nitriles is 2. The lowest BCUT2D eigenvalue weighted by molar-refractivity contribution is -0.351. The summed E-state index contributed by atoms with van der Waals surface area (Å²) in [7, 11) is -4.32. The fourth-order valence-corrected chi connectivity index (χ4v) is 22.0. The SMILES string of the molecule is CC(C)[Si](OC[C@@H]1C[C@@](C#N)(CC2C[C@H](C[C@]3(C#N)C[C@@H](CO[Si](C(C)C)(C(C)C)C(C)C)OC(C)(C)O3)OC(C)(C)O2)OC(C)(C)O1)(C(C)C)C(C)C. The fraction of sp³-hybridized carbons (Fsp3) is 0.952. The van der Waals surface area contributed by atoms with Crippen molar-refractivity contribution >= 4 is 16.6 Å². The second-order valence-electron chi connectivity index (χ2n) is 19.9. The number of ether oxygens (including phenoxy) is 6. The highest BCUT2D eigenvalue weighted by atomic mass is 28.4. The second-order valence-corrected chi connectivity index (χ2v) is 30.8. The summed E-state index contributed by atoms with van der Waals surface area (Å²) in [6.07, 6.45) is 0.481. The Morgan fingerprint density at radius 1 is 0.500 bits per heavy atom. The monoisotopic (exact) mass is 795 g/mol. The molecule has 3 aliphatic heterocycles. The predicted molar refractivity (Wildman–Crippen MR) is 218 cm³/mol. The summed E-state index contributed by atoms with van der Waals surface area (Å²) < 4.78 is 52.9. The Morgan fingerprint density at radius 2 is 0.778 bits per heavy atom. The van der Waals surface area contributed by atoms with Crippen molar-refractivity contribution in [3.8, 4) is 12.1 Å². The number of hydrogen-bond donors (Lipinski definition) is 0. The lowest BCUT2D eigenvalue weighted by Crippen LogP contribution is -2.58. The molecule has 3 saturated heterocycles. The molecule has 3 aliphatic rings. The molecule has 0 saturated carbocycles. The van der Waals surface area contributed by atoms with E-state index in [-0.39, 0.29) is 24.4 Å². The lowest BCUT2D eigenvalue weighted by atomic mass is 9.83. The molecule has 0 N–H and O–H groups in total. The van der Waals surface area contributed by atoms with Gasteiger partial charge in [0, 0.05) is 32.1 Å². The number of rotatable bonds is 16. The predicted octanol–water partition coefficient (Wildman–Crippen LogP) is 10.7. The fourth-order valence-electron chi connectivity index (χ4n) is 11.0. The van der Waals surface area contributed by atoms with Crippen LogP contribution in [0.5, 0.6) is 0 Å². The van der Waals surface area contributed by atoms with E-state index in [1.807, 2.05) is 41.5 Å². The summed E-state index contributed by atoms with van der Waals surface area (Å²) in [6.45, 7) is 39.4. The number of hydrogen-bond acceptors (Lipinski definition) is 10. The van der Waals surface area contributed by atoms with Crippen molar-refractivity contribution in [2.75, 3.05) is 13.2 Å². The summed E-state index contributed by atoms with van der Waals surface area (Å²) in [5.74, 6) is -2.95. The van der Waals surface area contributed by atoms with Crippen molar-refractivity contribution in [3.05, 3.63) is 0 Å². The standard InChI is InChI=1S/C42H78N2O8Si2/c1-28(2)53(29(3)4,30(5)6)45-24-36-22-41(26-43,51-39(15,16)49-36)20-34-19-35(48-38(13,14)47-34)21-42(27-44)23-37(50-40(17,18)52-42)25-46-54(31(7)8,32(9)10)33(11)12/h28-37H,19-25H2,1-18H3/t34-,35?,36+,37+,41-,42-/m1/s1. The molecule has 0 aromatic carbocycles. The van der Waals surface area contributed by atoms with Gasteiger partial charge in [0.2, 0.25) is 0 Å². The van der Waals surface area contributed by atoms with Crippen molar-refractivity contribution < 1.29 is 37.3 Å². The minimum atomic E-state index is -2.16. The quantitative estimate of drug-likeness (QED) is 0.140. The Balaban J connectivity index is 1.84. The van der Waals surface area contributed by atoms with Crippen LogP contribution < -0.4 is 0 Å². The molecule has 0 aromatic heterocycles. The average molecular weight is 795 g/mol. The molecule has 6 atom stereocenters. The van der Waals surface area contributed by atoms with E-state index in [1.165, 1.54) is 0 Å². The molecule has 0 bridgehead atoms. The van der Waals surface area contributed by atoms with E-state index in [4.69, 9.17) is 37.3 Å². The van der Waals surface area contributed by atoms with Crippen LogP contribution in [0.3, 0.4) is 0 Å². The Labute approximate surface area is 331 Å². The van der Waals surface area contributed by atoms with Gasteiger partial charge in [0.05, 0.1) is 49.8 Å². The third kappa shape index (κ3) is 10.8. The van der Waals surface area contributed by atoms with E-state index in [0.29, 0.717) is 78.6 Å². The first-order chi connectivity index (χ1) is 24.6. The lowest BCUT2D eigenvalue weighted by Gasteiger charge is -2.50. The average Bonchev–Trinajstić information content (AvgIpc) is 2.98. The van der Waals surface area contributed by atoms with Gasteiger partial charge in [0.1, 0.15) is 0 Å². The smallest absolute Gasteiger partial charge is 0.200 e. The molecule has 0 amide bonds. The molecule has 54 heavy (non-hydrogen) atoms. The van der Waals surface area contributed by atoms with Gasteiger partial charge < -0.3 is 37.3 Å². The first-order valence-corrected chi connectivity index (χ1v) is 25.1. The summed E-state index contributed by atoms with van der Waals surface area (Å²) in [4.78, 5) is 0. The molecule has 3 rings (SSSR count). The van der Waals surface area contributed by atoms with Crippen molar-refractivity contribution in [3.63, 3.8) is 0 Å². The molecular weight excluding hydrogens is 717 g/mol. The van der Waals surface area contributed by atoms with Crippen molar-refractivity contribution in [1.29, 1.82) is 10.5 Å². The Morgan fingerprint density at radius 3 is 1.04 bits per heavy atom. The van der Waals surface area contributed by atoms with E-state index < -0.39 is 45.2 Å². The van der Waals surface area contributed by atoms with E-state index in [1.54, 1.807) is 0 Å². The van der Waals surface area contributed by atoms with Gasteiger partial charge in [-0.1, -0.05) is 83.1 Å². The van der Waals surface area contributed by atoms with Crippen LogP contribution in [0.1, 0.15) is 157 Å². The van der Waals surface area contributed by atoms with Crippen molar-refractivity contribution in [2.24, 2.45) is 0 Å². The maximum atomic E-state index is 10.8. The van der Waals surface area contributed by atoms with Crippen LogP contribution in [-0.2, 0) is 37.3 Å². The largest absolute Gasteiger partial charge is 0.413 e. The summed E-state index contributed by atoms with van der Waals surface area (Å²) in [6, 6.07) is 5.11. The van der Waals surface area contributed by atoms with Crippen LogP contribution in [0.2, 0.25) is 33.2 Å². The topological polar surface area (TPSA) is 121 Å². The van der Waals surface area contributed by atoms with Crippen LogP contribution >= 0.6 is 0 Å². The highest BCUT2D eigenvalue weighted by Crippen LogP contribution is 2.47. The van der Waals surface area contributed by atoms with Crippen molar-refractivity contribution in [1.82, 2.24) is 0 Å². The van der Waals surface area contributed by atoms with Gasteiger partial charge in [-0.2, -0.15) is 10.5 Å². The zero-order valence-electron chi connectivity index (χ0n) is 37.4. The highest BCUT2D eigenvalue weighted by Gasteiger charge is 2.54. The Kier molecular flexibility index (Phi) is 15.4. The molecule has 12 heteroatoms. The molecule has 0 aliphatic carbocycles. The third-order valence-electron chi connectivity index (χ3n) is 12.3. The van der Waals surface area contributed by atoms with Crippen molar-refractivity contribution in [2.45, 2.75) is 243 Å². The zero-order chi connectivity index (χ0) is 41.3. The van der Waals surface area contributed by atoms with Gasteiger partial charge >= 0.3 is 0 Å². The molecule has 0 aromatic rings. The minimum absolute atomic E-state index is 0.317. The summed E-state index contributed by atoms with van der Waals surface area (Å²) >= 11 is 0. The molecule has 3 heterocycles. The molecule has 312 valence electrons. The second kappa shape index (κ2) is 17.5. The van der Waals surface area contributed by atoms with Crippen LogP contribution in [0.15, 0.2) is 0 Å². The minimum Gasteiger partial charge on any atom is -0.413 e. The highest BCUT2D eigenvalue weighted by molar-refractivity contribution is 6.78. The summed E-state index contributed by atoms with van der Waals surface area (Å²) in [5.41, 5.74) is 0.261. The van der Waals surface area contributed by atoms with Crippen LogP contribution in [0, 0.1) is 22.7 Å². The van der Waals surface area contributed by atoms with Gasteiger partial charge in [-0.15, -0.1) is 0 Å². The Bertz CT molecular complexity index is 1180. The van der Waals surface area contributed by atoms with Gasteiger partial charge in [0.15, 0.2) is 45.2 Å². The van der Waals surface area contributed by atoms with Crippen LogP contribution in [0.25, 0.3) is 0 Å². The normalized spacial score (nSPS) is 31.7. The molecule has 10 nitrogen and oxygen atoms in total. The Hall–Kier alpha value is -0.906. The number of nitrogens with zero attached hydrogens (tertiary/aromatic N) is 2. The molecule has 1 unspecified atom stereocenters. The zero-order valence-corrected chi connectivity index (χ0v) is 39.4. The van der Waals surface area contributed by atoms with E-state index in [2.05, 4.69) is 95.2 Å². The van der Waals surface area contributed by atoms with Gasteiger partial charge in [-0.3, -0.25) is 0 Å². The van der Waals surface area contributed by atoms with Gasteiger partial charge in [-0.25, -0.2) is 0 Å². The third-order valence-corrected chi connectivity index (χ3v) is 24.5. The van der Waals surface area contributed by atoms with E-state index in [0.717, 1.165) is 0 Å². The van der Waals surface area contributed by atoms with E-state index >= 15 is 0 Å². The molecule has 3 fully saturated rings. The van der Waals surface area contributed by atoms with Crippen LogP contribution in [-0.4, -0.2) is 82.8 Å². The first-order valence-electron chi connectivity index (χ1n) is 20.8. The molecule has 0 spiro atoms. The van der Waals surface area contributed by atoms with Gasteiger partial charge in [-0.05, 0) is 74.8 Å². The van der Waals surface area contributed by atoms with Gasteiger partial charge in [0.25, 0.3) is 0 Å². The first kappa shape index (κ1) is 47.5. The molecular formula is C42H78N2O8Si2. The molecule has 0 radical (unpaired) electrons. The maximum Gasteiger partial charge on any atom is 0.200 e.